The number of halogens is 2. The minimum absolute atomic E-state index is 0.287. The third-order valence-electron chi connectivity index (χ3n) is 2.59. The van der Waals surface area contributed by atoms with E-state index >= 15 is 0 Å². The Morgan fingerprint density at radius 3 is 3.00 bits per heavy atom. The molecule has 12 heavy (non-hydrogen) atoms. The predicted molar refractivity (Wildman–Crippen MR) is 48.1 cm³/mol. The smallest absolute Gasteiger partial charge is 0.142 e. The zero-order valence-electron chi connectivity index (χ0n) is 6.90. The van der Waals surface area contributed by atoms with Gasteiger partial charge in [-0.15, -0.1) is 0 Å². The van der Waals surface area contributed by atoms with Crippen LogP contribution in [0.1, 0.15) is 30.4 Å². The molecule has 2 heteroatoms. The maximum atomic E-state index is 13.0. The second-order valence-corrected chi connectivity index (χ2v) is 3.75. The van der Waals surface area contributed by atoms with E-state index in [4.69, 9.17) is 11.6 Å². The van der Waals surface area contributed by atoms with Gasteiger partial charge in [0.2, 0.25) is 0 Å². The molecule has 0 nitrogen and oxygen atoms in total. The highest BCUT2D eigenvalue weighted by Gasteiger charge is 2.22. The van der Waals surface area contributed by atoms with E-state index in [9.17, 15) is 4.39 Å². The molecule has 0 saturated carbocycles. The lowest BCUT2D eigenvalue weighted by molar-refractivity contribution is 0.626. The molecule has 64 valence electrons. The normalized spacial score (nSPS) is 21.1. The third kappa shape index (κ3) is 1.04. The molecule has 0 radical (unpaired) electrons. The Bertz CT molecular complexity index is 320. The van der Waals surface area contributed by atoms with Gasteiger partial charge in [-0.3, -0.25) is 0 Å². The summed E-state index contributed by atoms with van der Waals surface area (Å²) in [6.45, 7) is 2.15. The van der Waals surface area contributed by atoms with Gasteiger partial charge in [-0.1, -0.05) is 24.6 Å². The van der Waals surface area contributed by atoms with E-state index in [1.54, 1.807) is 0 Å². The summed E-state index contributed by atoms with van der Waals surface area (Å²) >= 11 is 5.83. The van der Waals surface area contributed by atoms with Crippen LogP contribution in [0.2, 0.25) is 5.02 Å². The molecule has 0 unspecified atom stereocenters. The first kappa shape index (κ1) is 8.06. The Labute approximate surface area is 76.4 Å². The van der Waals surface area contributed by atoms with Crippen molar-refractivity contribution in [3.05, 3.63) is 34.1 Å². The second-order valence-electron chi connectivity index (χ2n) is 3.37. The third-order valence-corrected chi connectivity index (χ3v) is 3.00. The first-order valence-electron chi connectivity index (χ1n) is 4.17. The zero-order chi connectivity index (χ0) is 8.72. The van der Waals surface area contributed by atoms with E-state index in [1.165, 1.54) is 11.6 Å². The highest BCUT2D eigenvalue weighted by atomic mass is 35.5. The molecule has 1 aromatic carbocycles. The first-order chi connectivity index (χ1) is 5.70. The highest BCUT2D eigenvalue weighted by Crippen LogP contribution is 2.37. The number of fused-ring (bicyclic) bond motifs is 1. The van der Waals surface area contributed by atoms with Crippen molar-refractivity contribution in [1.29, 1.82) is 0 Å². The average molecular weight is 185 g/mol. The van der Waals surface area contributed by atoms with Gasteiger partial charge >= 0.3 is 0 Å². The lowest BCUT2D eigenvalue weighted by Gasteiger charge is -2.05. The highest BCUT2D eigenvalue weighted by molar-refractivity contribution is 6.31. The quantitative estimate of drug-likeness (QED) is 0.579. The SMILES string of the molecule is C[C@H]1CCc2c1ccc(F)c2Cl. The van der Waals surface area contributed by atoms with Crippen LogP contribution in [0.15, 0.2) is 12.1 Å². The molecule has 0 N–H and O–H groups in total. The van der Waals surface area contributed by atoms with Gasteiger partial charge in [0.1, 0.15) is 5.82 Å². The maximum Gasteiger partial charge on any atom is 0.142 e. The summed E-state index contributed by atoms with van der Waals surface area (Å²) in [6.07, 6.45) is 2.02. The Hall–Kier alpha value is -0.560. The van der Waals surface area contributed by atoms with Crippen molar-refractivity contribution in [2.45, 2.75) is 25.7 Å². The summed E-state index contributed by atoms with van der Waals surface area (Å²) in [5, 5.41) is 0.330. The van der Waals surface area contributed by atoms with Gasteiger partial charge in [-0.2, -0.15) is 0 Å². The van der Waals surface area contributed by atoms with Crippen molar-refractivity contribution in [1.82, 2.24) is 0 Å². The lowest BCUT2D eigenvalue weighted by atomic mass is 10.0. The maximum absolute atomic E-state index is 13.0. The summed E-state index contributed by atoms with van der Waals surface area (Å²) in [4.78, 5) is 0. The van der Waals surface area contributed by atoms with Crippen molar-refractivity contribution in [3.63, 3.8) is 0 Å². The Kier molecular flexibility index (Phi) is 1.84. The molecule has 1 aliphatic rings. The Balaban J connectivity index is 2.60. The van der Waals surface area contributed by atoms with Gasteiger partial charge < -0.3 is 0 Å². The molecule has 0 heterocycles. The molecule has 0 amide bonds. The summed E-state index contributed by atoms with van der Waals surface area (Å²) in [7, 11) is 0. The van der Waals surface area contributed by atoms with Crippen molar-refractivity contribution in [3.8, 4) is 0 Å². The number of hydrogen-bond donors (Lipinski definition) is 0. The summed E-state index contributed by atoms with van der Waals surface area (Å²) in [5.41, 5.74) is 2.24. The molecule has 0 aromatic heterocycles. The number of hydrogen-bond acceptors (Lipinski definition) is 0. The van der Waals surface area contributed by atoms with Crippen LogP contribution in [0.3, 0.4) is 0 Å². The van der Waals surface area contributed by atoms with Gasteiger partial charge in [0.25, 0.3) is 0 Å². The fourth-order valence-corrected chi connectivity index (χ4v) is 2.11. The monoisotopic (exact) mass is 184 g/mol. The van der Waals surface area contributed by atoms with Crippen LogP contribution < -0.4 is 0 Å². The first-order valence-corrected chi connectivity index (χ1v) is 4.54. The van der Waals surface area contributed by atoms with Crippen LogP contribution in [0.25, 0.3) is 0 Å². The molecule has 0 aliphatic heterocycles. The van der Waals surface area contributed by atoms with Crippen molar-refractivity contribution < 1.29 is 4.39 Å². The number of rotatable bonds is 0. The summed E-state index contributed by atoms with van der Waals surface area (Å²) in [5.74, 6) is 0.252. The van der Waals surface area contributed by atoms with Crippen LogP contribution in [0.5, 0.6) is 0 Å². The molecule has 1 aromatic rings. The van der Waals surface area contributed by atoms with Gasteiger partial charge in [-0.05, 0) is 36.0 Å². The zero-order valence-corrected chi connectivity index (χ0v) is 7.66. The van der Waals surface area contributed by atoms with Gasteiger partial charge in [0.05, 0.1) is 5.02 Å². The molecule has 0 fully saturated rings. The molecular weight excluding hydrogens is 175 g/mol. The minimum atomic E-state index is -0.287. The van der Waals surface area contributed by atoms with E-state index in [0.29, 0.717) is 10.9 Å². The lowest BCUT2D eigenvalue weighted by Crippen LogP contribution is -1.89. The molecule has 1 atom stereocenters. The Morgan fingerprint density at radius 1 is 1.50 bits per heavy atom. The van der Waals surface area contributed by atoms with Gasteiger partial charge in [0.15, 0.2) is 0 Å². The topological polar surface area (TPSA) is 0 Å². The largest absolute Gasteiger partial charge is 0.205 e. The molecule has 1 aliphatic carbocycles. The van der Waals surface area contributed by atoms with E-state index in [2.05, 4.69) is 6.92 Å². The van der Waals surface area contributed by atoms with Crippen LogP contribution >= 0.6 is 11.6 Å². The molecule has 0 saturated heterocycles. The average Bonchev–Trinajstić information content (AvgIpc) is 2.41. The minimum Gasteiger partial charge on any atom is -0.205 e. The van der Waals surface area contributed by atoms with Crippen molar-refractivity contribution in [2.24, 2.45) is 0 Å². The fraction of sp³-hybridized carbons (Fsp3) is 0.400. The van der Waals surface area contributed by atoms with Crippen LogP contribution in [-0.2, 0) is 6.42 Å². The predicted octanol–water partition coefficient (Wildman–Crippen LogP) is 3.53. The van der Waals surface area contributed by atoms with E-state index in [1.807, 2.05) is 6.07 Å². The van der Waals surface area contributed by atoms with Crippen molar-refractivity contribution in [2.75, 3.05) is 0 Å². The molecular formula is C10H10ClF. The van der Waals surface area contributed by atoms with Gasteiger partial charge in [0, 0.05) is 0 Å². The van der Waals surface area contributed by atoms with Gasteiger partial charge in [-0.25, -0.2) is 4.39 Å². The fourth-order valence-electron chi connectivity index (χ4n) is 1.84. The van der Waals surface area contributed by atoms with E-state index in [0.717, 1.165) is 18.4 Å². The second kappa shape index (κ2) is 2.74. The van der Waals surface area contributed by atoms with Crippen LogP contribution in [0, 0.1) is 5.82 Å². The van der Waals surface area contributed by atoms with E-state index in [-0.39, 0.29) is 5.82 Å². The standard InChI is InChI=1S/C10H10ClF/c1-6-2-3-8-7(6)4-5-9(12)10(8)11/h4-6H,2-3H2,1H3/t6-/m0/s1. The van der Waals surface area contributed by atoms with Crippen LogP contribution in [-0.4, -0.2) is 0 Å². The molecule has 2 rings (SSSR count). The summed E-state index contributed by atoms with van der Waals surface area (Å²) < 4.78 is 13.0. The number of benzene rings is 1. The Morgan fingerprint density at radius 2 is 2.25 bits per heavy atom. The van der Waals surface area contributed by atoms with Crippen LogP contribution in [0.4, 0.5) is 4.39 Å². The summed E-state index contributed by atoms with van der Waals surface area (Å²) in [6, 6.07) is 3.32. The van der Waals surface area contributed by atoms with Crippen molar-refractivity contribution >= 4 is 11.6 Å². The van der Waals surface area contributed by atoms with E-state index < -0.39 is 0 Å². The molecule has 0 spiro atoms. The molecule has 0 bridgehead atoms.